The normalized spacial score (nSPS) is 34.7. The minimum Gasteiger partial charge on any atom is -0.316 e. The minimum absolute atomic E-state index is 0.531. The number of hydrogen-bond acceptors (Lipinski definition) is 2. The highest BCUT2D eigenvalue weighted by Gasteiger charge is 2.37. The van der Waals surface area contributed by atoms with Crippen LogP contribution in [0.1, 0.15) is 45.4 Å². The summed E-state index contributed by atoms with van der Waals surface area (Å²) in [4.78, 5) is 0. The Morgan fingerprint density at radius 1 is 1.50 bits per heavy atom. The van der Waals surface area contributed by atoms with E-state index in [4.69, 9.17) is 0 Å². The predicted octanol–water partition coefficient (Wildman–Crippen LogP) is 3.05. The lowest BCUT2D eigenvalue weighted by Crippen LogP contribution is -2.43. The van der Waals surface area contributed by atoms with E-state index in [0.717, 1.165) is 12.0 Å². The number of thioether (sulfide) groups is 1. The molecule has 2 fully saturated rings. The Labute approximate surface area is 92.4 Å². The van der Waals surface area contributed by atoms with Gasteiger partial charge in [-0.05, 0) is 51.3 Å². The topological polar surface area (TPSA) is 12.0 Å². The number of nitrogens with one attached hydrogen (secondary N) is 1. The van der Waals surface area contributed by atoms with Gasteiger partial charge in [-0.25, -0.2) is 0 Å². The summed E-state index contributed by atoms with van der Waals surface area (Å²) in [5.74, 6) is 2.46. The van der Waals surface area contributed by atoms with Crippen LogP contribution >= 0.6 is 11.8 Å². The molecule has 0 radical (unpaired) electrons. The first-order valence-electron chi connectivity index (χ1n) is 6.06. The summed E-state index contributed by atoms with van der Waals surface area (Å²) in [5.41, 5.74) is 0. The van der Waals surface area contributed by atoms with Gasteiger partial charge in [-0.15, -0.1) is 0 Å². The first-order valence-corrected chi connectivity index (χ1v) is 7.04. The molecule has 2 atom stereocenters. The summed E-state index contributed by atoms with van der Waals surface area (Å²) in [6.45, 7) is 2.46. The highest BCUT2D eigenvalue weighted by Crippen LogP contribution is 2.43. The average molecular weight is 213 g/mol. The predicted molar refractivity (Wildman–Crippen MR) is 64.9 cm³/mol. The first kappa shape index (κ1) is 10.8. The molecule has 1 N–H and O–H groups in total. The lowest BCUT2D eigenvalue weighted by Gasteiger charge is -2.33. The third-order valence-corrected chi connectivity index (χ3v) is 5.54. The molecule has 1 aliphatic heterocycles. The Balaban J connectivity index is 1.82. The monoisotopic (exact) mass is 213 g/mol. The van der Waals surface area contributed by atoms with E-state index in [1.165, 1.54) is 44.3 Å². The van der Waals surface area contributed by atoms with Crippen molar-refractivity contribution in [3.63, 3.8) is 0 Å². The third-order valence-electron chi connectivity index (χ3n) is 3.90. The Bertz CT molecular complexity index is 183. The molecule has 2 heteroatoms. The van der Waals surface area contributed by atoms with Crippen LogP contribution in [-0.4, -0.2) is 23.6 Å². The van der Waals surface area contributed by atoms with Crippen molar-refractivity contribution in [3.8, 4) is 0 Å². The van der Waals surface area contributed by atoms with Gasteiger partial charge in [-0.3, -0.25) is 0 Å². The van der Waals surface area contributed by atoms with Gasteiger partial charge < -0.3 is 5.32 Å². The van der Waals surface area contributed by atoms with Gasteiger partial charge in [0, 0.05) is 10.8 Å². The molecule has 0 spiro atoms. The Morgan fingerprint density at radius 3 is 2.79 bits per heavy atom. The van der Waals surface area contributed by atoms with Gasteiger partial charge in [0.15, 0.2) is 0 Å². The van der Waals surface area contributed by atoms with Gasteiger partial charge in [0.2, 0.25) is 0 Å². The molecule has 2 aliphatic rings. The van der Waals surface area contributed by atoms with Gasteiger partial charge >= 0.3 is 0 Å². The van der Waals surface area contributed by atoms with Crippen LogP contribution in [0.25, 0.3) is 0 Å². The summed E-state index contributed by atoms with van der Waals surface area (Å²) in [6.07, 6.45) is 8.68. The summed E-state index contributed by atoms with van der Waals surface area (Å²) in [7, 11) is 2.14. The molecule has 1 saturated carbocycles. The molecular formula is C12H23NS. The second kappa shape index (κ2) is 4.44. The van der Waals surface area contributed by atoms with E-state index in [-0.39, 0.29) is 0 Å². The number of hydrogen-bond donors (Lipinski definition) is 1. The van der Waals surface area contributed by atoms with Crippen LogP contribution in [0.15, 0.2) is 0 Å². The summed E-state index contributed by atoms with van der Waals surface area (Å²) in [6, 6.07) is 0.746. The maximum atomic E-state index is 3.55. The molecule has 1 nitrogen and oxygen atoms in total. The Morgan fingerprint density at radius 2 is 2.29 bits per heavy atom. The zero-order valence-electron chi connectivity index (χ0n) is 9.51. The van der Waals surface area contributed by atoms with Gasteiger partial charge in [0.05, 0.1) is 0 Å². The molecule has 2 unspecified atom stereocenters. The van der Waals surface area contributed by atoms with Crippen molar-refractivity contribution in [2.75, 3.05) is 12.8 Å². The van der Waals surface area contributed by atoms with Crippen molar-refractivity contribution in [1.82, 2.24) is 5.32 Å². The molecule has 1 heterocycles. The summed E-state index contributed by atoms with van der Waals surface area (Å²) in [5, 5.41) is 3.55. The van der Waals surface area contributed by atoms with E-state index in [1.807, 2.05) is 0 Å². The molecule has 0 amide bonds. The van der Waals surface area contributed by atoms with Crippen LogP contribution in [0, 0.1) is 5.92 Å². The fourth-order valence-electron chi connectivity index (χ4n) is 2.64. The molecule has 0 bridgehead atoms. The van der Waals surface area contributed by atoms with E-state index in [2.05, 4.69) is 31.1 Å². The van der Waals surface area contributed by atoms with Crippen molar-refractivity contribution in [2.24, 2.45) is 5.92 Å². The van der Waals surface area contributed by atoms with Crippen LogP contribution in [-0.2, 0) is 0 Å². The van der Waals surface area contributed by atoms with E-state index >= 15 is 0 Å². The standard InChI is InChI=1S/C12H23NS/c1-12(8-3-9-14-12)11(13-2)7-6-10-4-5-10/h10-11,13H,3-9H2,1-2H3. The van der Waals surface area contributed by atoms with Crippen LogP contribution in [0.2, 0.25) is 0 Å². The van der Waals surface area contributed by atoms with E-state index in [1.54, 1.807) is 0 Å². The van der Waals surface area contributed by atoms with Gasteiger partial charge in [0.1, 0.15) is 0 Å². The third kappa shape index (κ3) is 2.46. The lowest BCUT2D eigenvalue weighted by molar-refractivity contribution is 0.388. The fraction of sp³-hybridized carbons (Fsp3) is 1.00. The number of rotatable bonds is 5. The van der Waals surface area contributed by atoms with Gasteiger partial charge in [0.25, 0.3) is 0 Å². The Hall–Kier alpha value is 0.310. The maximum Gasteiger partial charge on any atom is 0.0285 e. The largest absolute Gasteiger partial charge is 0.316 e. The zero-order valence-corrected chi connectivity index (χ0v) is 10.3. The highest BCUT2D eigenvalue weighted by atomic mass is 32.2. The molecule has 1 saturated heterocycles. The van der Waals surface area contributed by atoms with Crippen molar-refractivity contribution in [1.29, 1.82) is 0 Å². The molecule has 0 aromatic heterocycles. The van der Waals surface area contributed by atoms with Crippen LogP contribution in [0.3, 0.4) is 0 Å². The quantitative estimate of drug-likeness (QED) is 0.753. The van der Waals surface area contributed by atoms with Crippen molar-refractivity contribution in [2.45, 2.75) is 56.2 Å². The van der Waals surface area contributed by atoms with Crippen LogP contribution < -0.4 is 5.32 Å². The molecule has 0 aromatic rings. The molecule has 2 rings (SSSR count). The summed E-state index contributed by atoms with van der Waals surface area (Å²) < 4.78 is 0.531. The second-order valence-electron chi connectivity index (χ2n) is 5.13. The van der Waals surface area contributed by atoms with E-state index in [9.17, 15) is 0 Å². The SMILES string of the molecule is CNC(CCC1CC1)C1(C)CCCS1. The second-order valence-corrected chi connectivity index (χ2v) is 6.76. The molecular weight excluding hydrogens is 190 g/mol. The van der Waals surface area contributed by atoms with Crippen molar-refractivity contribution < 1.29 is 0 Å². The zero-order chi connectivity index (χ0) is 10.0. The molecule has 82 valence electrons. The van der Waals surface area contributed by atoms with Gasteiger partial charge in [-0.1, -0.05) is 12.8 Å². The smallest absolute Gasteiger partial charge is 0.0285 e. The summed E-state index contributed by atoms with van der Waals surface area (Å²) >= 11 is 2.19. The lowest BCUT2D eigenvalue weighted by atomic mass is 9.92. The van der Waals surface area contributed by atoms with Crippen molar-refractivity contribution >= 4 is 11.8 Å². The molecule has 14 heavy (non-hydrogen) atoms. The highest BCUT2D eigenvalue weighted by molar-refractivity contribution is 8.00. The van der Waals surface area contributed by atoms with Crippen LogP contribution in [0.4, 0.5) is 0 Å². The fourth-order valence-corrected chi connectivity index (χ4v) is 4.12. The maximum absolute atomic E-state index is 3.55. The minimum atomic E-state index is 0.531. The van der Waals surface area contributed by atoms with Crippen LogP contribution in [0.5, 0.6) is 0 Å². The average Bonchev–Trinajstić information content (AvgIpc) is 2.89. The first-order chi connectivity index (χ1) is 6.74. The molecule has 0 aromatic carbocycles. The van der Waals surface area contributed by atoms with E-state index in [0.29, 0.717) is 4.75 Å². The van der Waals surface area contributed by atoms with E-state index < -0.39 is 0 Å². The van der Waals surface area contributed by atoms with Gasteiger partial charge in [-0.2, -0.15) is 11.8 Å². The Kier molecular flexibility index (Phi) is 3.43. The molecule has 1 aliphatic carbocycles. The van der Waals surface area contributed by atoms with Crippen molar-refractivity contribution in [3.05, 3.63) is 0 Å².